The minimum absolute atomic E-state index is 0.231. The Kier molecular flexibility index (Phi) is 4.64. The summed E-state index contributed by atoms with van der Waals surface area (Å²) in [6.07, 6.45) is -0.231. The predicted molar refractivity (Wildman–Crippen MR) is 72.3 cm³/mol. The number of nitrogens with zero attached hydrogens (tertiary/aromatic N) is 1. The Bertz CT molecular complexity index is 463. The van der Waals surface area contributed by atoms with Crippen LogP contribution in [0.5, 0.6) is 0 Å². The molecule has 1 aromatic carbocycles. The SMILES string of the molecule is CN(C(=O)CC(=O)NC(C)(C)C)c1ccc(F)cc1. The van der Waals surface area contributed by atoms with Crippen molar-refractivity contribution in [2.45, 2.75) is 32.7 Å². The fourth-order valence-corrected chi connectivity index (χ4v) is 1.53. The lowest BCUT2D eigenvalue weighted by atomic mass is 10.1. The van der Waals surface area contributed by atoms with Gasteiger partial charge in [0.2, 0.25) is 11.8 Å². The molecule has 19 heavy (non-hydrogen) atoms. The highest BCUT2D eigenvalue weighted by Gasteiger charge is 2.19. The lowest BCUT2D eigenvalue weighted by molar-refractivity contribution is -0.128. The van der Waals surface area contributed by atoms with Crippen molar-refractivity contribution in [3.8, 4) is 0 Å². The number of carbonyl (C=O) groups is 2. The highest BCUT2D eigenvalue weighted by molar-refractivity contribution is 6.04. The van der Waals surface area contributed by atoms with Gasteiger partial charge in [0.05, 0.1) is 0 Å². The van der Waals surface area contributed by atoms with Crippen LogP contribution in [0.2, 0.25) is 0 Å². The second-order valence-electron chi connectivity index (χ2n) is 5.40. The summed E-state index contributed by atoms with van der Waals surface area (Å²) in [7, 11) is 1.56. The van der Waals surface area contributed by atoms with Crippen LogP contribution in [-0.2, 0) is 9.59 Å². The van der Waals surface area contributed by atoms with Crippen molar-refractivity contribution in [2.24, 2.45) is 0 Å². The molecule has 5 heteroatoms. The third kappa shape index (κ3) is 5.07. The fourth-order valence-electron chi connectivity index (χ4n) is 1.53. The Morgan fingerprint density at radius 3 is 2.21 bits per heavy atom. The maximum Gasteiger partial charge on any atom is 0.236 e. The molecule has 104 valence electrons. The van der Waals surface area contributed by atoms with Gasteiger partial charge in [0, 0.05) is 18.3 Å². The minimum atomic E-state index is -0.369. The van der Waals surface area contributed by atoms with E-state index in [-0.39, 0.29) is 29.6 Å². The zero-order chi connectivity index (χ0) is 14.6. The van der Waals surface area contributed by atoms with Crippen molar-refractivity contribution < 1.29 is 14.0 Å². The normalized spacial score (nSPS) is 11.0. The highest BCUT2D eigenvalue weighted by Crippen LogP contribution is 2.14. The number of hydrogen-bond acceptors (Lipinski definition) is 2. The first-order chi connectivity index (χ1) is 8.69. The summed E-state index contributed by atoms with van der Waals surface area (Å²) >= 11 is 0. The molecule has 0 aliphatic heterocycles. The van der Waals surface area contributed by atoms with Gasteiger partial charge in [0.15, 0.2) is 0 Å². The average molecular weight is 266 g/mol. The van der Waals surface area contributed by atoms with Crippen molar-refractivity contribution in [3.05, 3.63) is 30.1 Å². The average Bonchev–Trinajstić information content (AvgIpc) is 2.26. The Morgan fingerprint density at radius 2 is 1.74 bits per heavy atom. The van der Waals surface area contributed by atoms with Gasteiger partial charge in [-0.2, -0.15) is 0 Å². The zero-order valence-corrected chi connectivity index (χ0v) is 11.7. The molecule has 1 aromatic rings. The number of halogens is 1. The van der Waals surface area contributed by atoms with E-state index in [1.807, 2.05) is 20.8 Å². The Morgan fingerprint density at radius 1 is 1.21 bits per heavy atom. The topological polar surface area (TPSA) is 49.4 Å². The fraction of sp³-hybridized carbons (Fsp3) is 0.429. The van der Waals surface area contributed by atoms with Crippen molar-refractivity contribution in [1.29, 1.82) is 0 Å². The molecule has 1 N–H and O–H groups in total. The van der Waals surface area contributed by atoms with Gasteiger partial charge >= 0.3 is 0 Å². The molecule has 0 heterocycles. The Labute approximate surface area is 112 Å². The largest absolute Gasteiger partial charge is 0.351 e. The first-order valence-corrected chi connectivity index (χ1v) is 6.02. The molecule has 0 spiro atoms. The molecule has 0 aromatic heterocycles. The summed E-state index contributed by atoms with van der Waals surface area (Å²) in [5.74, 6) is -1.03. The number of nitrogens with one attached hydrogen (secondary N) is 1. The minimum Gasteiger partial charge on any atom is -0.351 e. The van der Waals surface area contributed by atoms with E-state index in [9.17, 15) is 14.0 Å². The van der Waals surface area contributed by atoms with Crippen molar-refractivity contribution in [2.75, 3.05) is 11.9 Å². The van der Waals surface area contributed by atoms with Gasteiger partial charge in [-0.15, -0.1) is 0 Å². The summed E-state index contributed by atoms with van der Waals surface area (Å²) in [4.78, 5) is 24.9. The van der Waals surface area contributed by atoms with E-state index in [1.165, 1.54) is 29.2 Å². The summed E-state index contributed by atoms with van der Waals surface area (Å²) < 4.78 is 12.8. The molecule has 1 rings (SSSR count). The van der Waals surface area contributed by atoms with E-state index < -0.39 is 0 Å². The van der Waals surface area contributed by atoms with Gasteiger partial charge in [0.1, 0.15) is 12.2 Å². The number of amides is 2. The third-order valence-corrected chi connectivity index (χ3v) is 2.41. The maximum atomic E-state index is 12.8. The summed E-state index contributed by atoms with van der Waals surface area (Å²) in [5.41, 5.74) is 0.182. The lowest BCUT2D eigenvalue weighted by Gasteiger charge is -2.22. The van der Waals surface area contributed by atoms with Crippen molar-refractivity contribution in [3.63, 3.8) is 0 Å². The van der Waals surface area contributed by atoms with E-state index in [0.29, 0.717) is 5.69 Å². The van der Waals surface area contributed by atoms with Gasteiger partial charge < -0.3 is 10.2 Å². The Hall–Kier alpha value is -1.91. The standard InChI is InChI=1S/C14H19FN2O2/c1-14(2,3)16-12(18)9-13(19)17(4)11-7-5-10(15)6-8-11/h5-8H,9H2,1-4H3,(H,16,18). The van der Waals surface area contributed by atoms with Crippen LogP contribution in [0, 0.1) is 5.82 Å². The molecule has 0 aliphatic carbocycles. The molecule has 4 nitrogen and oxygen atoms in total. The molecule has 0 unspecified atom stereocenters. The maximum absolute atomic E-state index is 12.8. The number of anilines is 1. The van der Waals surface area contributed by atoms with E-state index in [0.717, 1.165) is 0 Å². The number of rotatable bonds is 3. The van der Waals surface area contributed by atoms with Crippen LogP contribution in [0.1, 0.15) is 27.2 Å². The van der Waals surface area contributed by atoms with E-state index in [4.69, 9.17) is 0 Å². The summed E-state index contributed by atoms with van der Waals surface area (Å²) in [6.45, 7) is 5.54. The summed E-state index contributed by atoms with van der Waals surface area (Å²) in [6, 6.07) is 5.53. The molecular weight excluding hydrogens is 247 g/mol. The van der Waals surface area contributed by atoms with Gasteiger partial charge in [-0.05, 0) is 45.0 Å². The smallest absolute Gasteiger partial charge is 0.236 e. The second kappa shape index (κ2) is 5.82. The number of carbonyl (C=O) groups excluding carboxylic acids is 2. The van der Waals surface area contributed by atoms with E-state index in [2.05, 4.69) is 5.32 Å². The highest BCUT2D eigenvalue weighted by atomic mass is 19.1. The number of hydrogen-bond donors (Lipinski definition) is 1. The monoisotopic (exact) mass is 266 g/mol. The van der Waals surface area contributed by atoms with Gasteiger partial charge in [-0.25, -0.2) is 4.39 Å². The molecule has 0 bridgehead atoms. The Balaban J connectivity index is 2.63. The predicted octanol–water partition coefficient (Wildman–Crippen LogP) is 2.09. The molecule has 0 saturated carbocycles. The molecule has 0 atom stereocenters. The van der Waals surface area contributed by atoms with Gasteiger partial charge in [-0.1, -0.05) is 0 Å². The molecule has 0 aliphatic rings. The first-order valence-electron chi connectivity index (χ1n) is 6.02. The third-order valence-electron chi connectivity index (χ3n) is 2.41. The van der Waals surface area contributed by atoms with Crippen LogP contribution in [0.25, 0.3) is 0 Å². The van der Waals surface area contributed by atoms with Crippen molar-refractivity contribution in [1.82, 2.24) is 5.32 Å². The first kappa shape index (κ1) is 15.1. The van der Waals surface area contributed by atoms with E-state index in [1.54, 1.807) is 7.05 Å². The summed E-state index contributed by atoms with van der Waals surface area (Å²) in [5, 5.41) is 2.72. The second-order valence-corrected chi connectivity index (χ2v) is 5.40. The van der Waals surface area contributed by atoms with Crippen LogP contribution < -0.4 is 10.2 Å². The molecular formula is C14H19FN2O2. The van der Waals surface area contributed by atoms with Crippen LogP contribution in [0.15, 0.2) is 24.3 Å². The van der Waals surface area contributed by atoms with Crippen LogP contribution in [-0.4, -0.2) is 24.4 Å². The molecule has 0 saturated heterocycles. The lowest BCUT2D eigenvalue weighted by Crippen LogP contribution is -2.43. The van der Waals surface area contributed by atoms with Crippen LogP contribution in [0.4, 0.5) is 10.1 Å². The van der Waals surface area contributed by atoms with Crippen LogP contribution in [0.3, 0.4) is 0 Å². The zero-order valence-electron chi connectivity index (χ0n) is 11.7. The van der Waals surface area contributed by atoms with Gasteiger partial charge in [-0.3, -0.25) is 9.59 Å². The number of benzene rings is 1. The molecule has 0 fully saturated rings. The quantitative estimate of drug-likeness (QED) is 0.852. The van der Waals surface area contributed by atoms with Gasteiger partial charge in [0.25, 0.3) is 0 Å². The van der Waals surface area contributed by atoms with Crippen LogP contribution >= 0.6 is 0 Å². The van der Waals surface area contributed by atoms with E-state index >= 15 is 0 Å². The molecule has 2 amide bonds. The van der Waals surface area contributed by atoms with Crippen molar-refractivity contribution >= 4 is 17.5 Å². The molecule has 0 radical (unpaired) electrons.